The van der Waals surface area contributed by atoms with Gasteiger partial charge in [-0.2, -0.15) is 10.1 Å². The first-order chi connectivity index (χ1) is 15.6. The number of morpholine rings is 1. The van der Waals surface area contributed by atoms with Crippen molar-refractivity contribution in [2.24, 2.45) is 5.73 Å². The minimum absolute atomic E-state index is 0.188. The molecule has 0 spiro atoms. The number of nitrogens with zero attached hydrogens (tertiary/aromatic N) is 5. The number of hydrogen-bond donors (Lipinski definition) is 3. The zero-order valence-corrected chi connectivity index (χ0v) is 18.8. The third-order valence-corrected chi connectivity index (χ3v) is 5.54. The second-order valence-electron chi connectivity index (χ2n) is 8.07. The van der Waals surface area contributed by atoms with Gasteiger partial charge < -0.3 is 26.3 Å². The molecule has 0 bridgehead atoms. The number of hydrogen-bond acceptors (Lipinski definition) is 9. The summed E-state index contributed by atoms with van der Waals surface area (Å²) < 4.78 is 12.9. The molecule has 172 valence electrons. The lowest BCUT2D eigenvalue weighted by Gasteiger charge is -2.26. The molecular weight excluding hydrogens is 408 g/mol. The zero-order chi connectivity index (χ0) is 22.5. The lowest BCUT2D eigenvalue weighted by atomic mass is 10.1. The van der Waals surface area contributed by atoms with Crippen LogP contribution >= 0.6 is 0 Å². The number of nitrogens with one attached hydrogen (secondary N) is 1. The number of ether oxygens (including phenoxy) is 2. The molecule has 1 aliphatic heterocycles. The van der Waals surface area contributed by atoms with Crippen molar-refractivity contribution in [1.82, 2.24) is 24.6 Å². The predicted molar refractivity (Wildman–Crippen MR) is 124 cm³/mol. The van der Waals surface area contributed by atoms with Crippen molar-refractivity contribution in [2.45, 2.75) is 39.0 Å². The maximum Gasteiger partial charge on any atom is 0.222 e. The quantitative estimate of drug-likeness (QED) is 0.426. The summed E-state index contributed by atoms with van der Waals surface area (Å²) in [5.74, 6) is 1.58. The van der Waals surface area contributed by atoms with E-state index in [1.54, 1.807) is 7.11 Å². The highest BCUT2D eigenvalue weighted by Crippen LogP contribution is 2.25. The first-order valence-electron chi connectivity index (χ1n) is 11.0. The van der Waals surface area contributed by atoms with Crippen LogP contribution in [0.25, 0.3) is 11.0 Å². The Kier molecular flexibility index (Phi) is 7.03. The van der Waals surface area contributed by atoms with E-state index in [4.69, 9.17) is 26.0 Å². The smallest absolute Gasteiger partial charge is 0.222 e. The van der Waals surface area contributed by atoms with Gasteiger partial charge >= 0.3 is 0 Å². The normalized spacial score (nSPS) is 15.7. The molecule has 10 nitrogen and oxygen atoms in total. The largest absolute Gasteiger partial charge is 0.496 e. The molecule has 0 aliphatic carbocycles. The van der Waals surface area contributed by atoms with E-state index in [-0.39, 0.29) is 12.1 Å². The molecule has 1 aliphatic rings. The number of aromatic nitrogens is 4. The summed E-state index contributed by atoms with van der Waals surface area (Å²) in [5.41, 5.74) is 15.6. The highest BCUT2D eigenvalue weighted by molar-refractivity contribution is 5.85. The van der Waals surface area contributed by atoms with E-state index in [1.165, 1.54) is 5.56 Å². The zero-order valence-electron chi connectivity index (χ0n) is 18.8. The molecule has 1 fully saturated rings. The van der Waals surface area contributed by atoms with Crippen molar-refractivity contribution < 1.29 is 9.47 Å². The average molecular weight is 441 g/mol. The van der Waals surface area contributed by atoms with Crippen molar-refractivity contribution >= 4 is 22.8 Å². The van der Waals surface area contributed by atoms with Crippen LogP contribution in [0.1, 0.15) is 30.9 Å². The predicted octanol–water partition coefficient (Wildman–Crippen LogP) is 1.79. The number of benzene rings is 1. The summed E-state index contributed by atoms with van der Waals surface area (Å²) in [5, 5.41) is 7.90. The molecule has 4 rings (SSSR count). The van der Waals surface area contributed by atoms with Crippen molar-refractivity contribution in [1.29, 1.82) is 0 Å². The Balaban J connectivity index is 1.54. The Morgan fingerprint density at radius 1 is 1.22 bits per heavy atom. The second-order valence-corrected chi connectivity index (χ2v) is 8.07. The van der Waals surface area contributed by atoms with Gasteiger partial charge in [-0.3, -0.25) is 9.58 Å². The van der Waals surface area contributed by atoms with E-state index in [9.17, 15) is 0 Å². The number of nitrogen functional groups attached to an aromatic ring is 1. The van der Waals surface area contributed by atoms with Gasteiger partial charge in [0.1, 0.15) is 11.3 Å². The molecule has 3 aromatic rings. The Morgan fingerprint density at radius 3 is 2.78 bits per heavy atom. The molecule has 0 radical (unpaired) electrons. The van der Waals surface area contributed by atoms with E-state index in [0.29, 0.717) is 23.4 Å². The highest BCUT2D eigenvalue weighted by Gasteiger charge is 2.15. The van der Waals surface area contributed by atoms with E-state index in [1.807, 2.05) is 10.9 Å². The standard InChI is InChI=1S/C22H32N8O2/c1-3-4-19(23)26-21-20-17(25-22(24)27-21)14-30(28-20)13-16-6-5-15(11-18(16)31-2)12-29-7-9-32-10-8-29/h5-6,11,14,19H,3-4,7-10,12-13,23H2,1-2H3,(H3,24,25,26,27). The summed E-state index contributed by atoms with van der Waals surface area (Å²) in [6.07, 6.45) is 3.43. The van der Waals surface area contributed by atoms with Gasteiger partial charge in [-0.1, -0.05) is 25.5 Å². The minimum Gasteiger partial charge on any atom is -0.496 e. The van der Waals surface area contributed by atoms with E-state index >= 15 is 0 Å². The summed E-state index contributed by atoms with van der Waals surface area (Å²) in [7, 11) is 1.69. The summed E-state index contributed by atoms with van der Waals surface area (Å²) in [6.45, 7) is 6.98. The number of fused-ring (bicyclic) bond motifs is 1. The summed E-state index contributed by atoms with van der Waals surface area (Å²) >= 11 is 0. The Bertz CT molecular complexity index is 1050. The van der Waals surface area contributed by atoms with Crippen molar-refractivity contribution in [3.05, 3.63) is 35.5 Å². The van der Waals surface area contributed by atoms with Crippen molar-refractivity contribution in [3.63, 3.8) is 0 Å². The Labute approximate surface area is 187 Å². The lowest BCUT2D eigenvalue weighted by Crippen LogP contribution is -2.35. The highest BCUT2D eigenvalue weighted by atomic mass is 16.5. The van der Waals surface area contributed by atoms with Gasteiger partial charge in [-0.15, -0.1) is 0 Å². The minimum atomic E-state index is -0.221. The van der Waals surface area contributed by atoms with Crippen molar-refractivity contribution in [2.75, 3.05) is 44.5 Å². The van der Waals surface area contributed by atoms with Gasteiger partial charge in [-0.05, 0) is 18.1 Å². The fourth-order valence-electron chi connectivity index (χ4n) is 3.93. The van der Waals surface area contributed by atoms with Crippen LogP contribution in [-0.2, 0) is 17.8 Å². The van der Waals surface area contributed by atoms with Crippen LogP contribution in [0, 0.1) is 0 Å². The van der Waals surface area contributed by atoms with Gasteiger partial charge in [0.15, 0.2) is 11.3 Å². The first kappa shape index (κ1) is 22.3. The lowest BCUT2D eigenvalue weighted by molar-refractivity contribution is 0.0341. The van der Waals surface area contributed by atoms with Crippen LogP contribution in [0.2, 0.25) is 0 Å². The molecular formula is C22H32N8O2. The third-order valence-electron chi connectivity index (χ3n) is 5.54. The molecule has 3 heterocycles. The second kappa shape index (κ2) is 10.1. The number of methoxy groups -OCH3 is 1. The van der Waals surface area contributed by atoms with E-state index < -0.39 is 0 Å². The molecule has 10 heteroatoms. The molecule has 1 saturated heterocycles. The maximum atomic E-state index is 6.13. The molecule has 0 amide bonds. The topological polar surface area (TPSA) is 129 Å². The Hall–Kier alpha value is -2.95. The fraction of sp³-hybridized carbons (Fsp3) is 0.500. The van der Waals surface area contributed by atoms with Gasteiger partial charge in [0.25, 0.3) is 0 Å². The molecule has 1 unspecified atom stereocenters. The molecule has 1 atom stereocenters. The van der Waals surface area contributed by atoms with Crippen molar-refractivity contribution in [3.8, 4) is 5.75 Å². The number of rotatable bonds is 9. The molecule has 2 aromatic heterocycles. The summed E-state index contributed by atoms with van der Waals surface area (Å²) in [4.78, 5) is 11.0. The SMILES string of the molecule is CCCC(N)Nc1nc(N)nc2cn(Cc3ccc(CN4CCOCC4)cc3OC)nc12. The average Bonchev–Trinajstić information content (AvgIpc) is 3.18. The monoisotopic (exact) mass is 440 g/mol. The number of nitrogens with two attached hydrogens (primary N) is 2. The number of anilines is 2. The molecule has 0 saturated carbocycles. The molecule has 5 N–H and O–H groups in total. The third kappa shape index (κ3) is 5.26. The van der Waals surface area contributed by atoms with Gasteiger partial charge in [0, 0.05) is 25.2 Å². The first-order valence-corrected chi connectivity index (χ1v) is 11.0. The molecule has 32 heavy (non-hydrogen) atoms. The van der Waals surface area contributed by atoms with Crippen LogP contribution in [0.5, 0.6) is 5.75 Å². The Morgan fingerprint density at radius 2 is 2.03 bits per heavy atom. The summed E-state index contributed by atoms with van der Waals surface area (Å²) in [6, 6.07) is 6.34. The van der Waals surface area contributed by atoms with Crippen LogP contribution in [0.3, 0.4) is 0 Å². The van der Waals surface area contributed by atoms with Crippen LogP contribution < -0.4 is 21.5 Å². The fourth-order valence-corrected chi connectivity index (χ4v) is 3.93. The van der Waals surface area contributed by atoms with Gasteiger partial charge in [0.2, 0.25) is 5.95 Å². The van der Waals surface area contributed by atoms with E-state index in [2.05, 4.69) is 45.3 Å². The van der Waals surface area contributed by atoms with Gasteiger partial charge in [-0.25, -0.2) is 4.98 Å². The van der Waals surface area contributed by atoms with Gasteiger partial charge in [0.05, 0.1) is 39.2 Å². The van der Waals surface area contributed by atoms with Crippen LogP contribution in [-0.4, -0.2) is 64.2 Å². The van der Waals surface area contributed by atoms with Crippen LogP contribution in [0.4, 0.5) is 11.8 Å². The van der Waals surface area contributed by atoms with E-state index in [0.717, 1.165) is 57.0 Å². The molecule has 1 aromatic carbocycles. The van der Waals surface area contributed by atoms with Crippen LogP contribution in [0.15, 0.2) is 24.4 Å². The maximum absolute atomic E-state index is 6.13.